The van der Waals surface area contributed by atoms with Crippen LogP contribution >= 0.6 is 11.6 Å². The number of carbonyl (C=O) groups is 2. The fraction of sp³-hybridized carbons (Fsp3) is 0.103. The highest BCUT2D eigenvalue weighted by molar-refractivity contribution is 6.31. The molecule has 4 aromatic rings. The van der Waals surface area contributed by atoms with Crippen LogP contribution in [0.1, 0.15) is 44.8 Å². The molecule has 4 rings (SSSR count). The van der Waals surface area contributed by atoms with Gasteiger partial charge in [-0.2, -0.15) is 0 Å². The zero-order chi connectivity index (χ0) is 24.6. The van der Waals surface area contributed by atoms with Crippen molar-refractivity contribution in [2.45, 2.75) is 19.6 Å². The summed E-state index contributed by atoms with van der Waals surface area (Å²) in [6.45, 7) is 2.25. The van der Waals surface area contributed by atoms with E-state index in [4.69, 9.17) is 16.3 Å². The van der Waals surface area contributed by atoms with Crippen LogP contribution in [0.4, 0.5) is 5.69 Å². The van der Waals surface area contributed by atoms with Crippen LogP contribution < -0.4 is 15.4 Å². The standard InChI is InChI=1S/C29H25ClN2O3/c1-20(21-9-3-2-4-10-21)31-29(34)25-12-6-8-14-27(25)32-28(33)22-15-17-24(18-16-22)35-19-23-11-5-7-13-26(23)30/h2-18,20H,19H2,1H3,(H,31,34)(H,32,33). The van der Waals surface area contributed by atoms with E-state index in [0.717, 1.165) is 11.1 Å². The summed E-state index contributed by atoms with van der Waals surface area (Å²) in [5.41, 5.74) is 3.16. The van der Waals surface area contributed by atoms with E-state index < -0.39 is 0 Å². The number of anilines is 1. The van der Waals surface area contributed by atoms with Crippen molar-refractivity contribution >= 4 is 29.1 Å². The minimum Gasteiger partial charge on any atom is -0.489 e. The first-order valence-electron chi connectivity index (χ1n) is 11.2. The first-order chi connectivity index (χ1) is 17.0. The van der Waals surface area contributed by atoms with Crippen molar-refractivity contribution in [2.75, 3.05) is 5.32 Å². The summed E-state index contributed by atoms with van der Waals surface area (Å²) < 4.78 is 5.78. The molecule has 0 saturated carbocycles. The van der Waals surface area contributed by atoms with Gasteiger partial charge in [0.1, 0.15) is 12.4 Å². The molecule has 0 aromatic heterocycles. The van der Waals surface area contributed by atoms with Crippen molar-refractivity contribution in [3.8, 4) is 5.75 Å². The summed E-state index contributed by atoms with van der Waals surface area (Å²) in [5, 5.41) is 6.48. The first kappa shape index (κ1) is 24.0. The number of halogens is 1. The summed E-state index contributed by atoms with van der Waals surface area (Å²) in [7, 11) is 0. The Hall–Kier alpha value is -4.09. The van der Waals surface area contributed by atoms with Crippen molar-refractivity contribution in [2.24, 2.45) is 0 Å². The maximum Gasteiger partial charge on any atom is 0.255 e. The number of rotatable bonds is 8. The minimum absolute atomic E-state index is 0.175. The van der Waals surface area contributed by atoms with E-state index in [0.29, 0.717) is 34.2 Å². The summed E-state index contributed by atoms with van der Waals surface area (Å²) >= 11 is 6.17. The van der Waals surface area contributed by atoms with Crippen molar-refractivity contribution in [1.82, 2.24) is 5.32 Å². The Morgan fingerprint density at radius 1 is 0.800 bits per heavy atom. The fourth-order valence-corrected chi connectivity index (χ4v) is 3.75. The lowest BCUT2D eigenvalue weighted by Gasteiger charge is -2.16. The lowest BCUT2D eigenvalue weighted by atomic mass is 10.1. The van der Waals surface area contributed by atoms with Crippen LogP contribution in [0.2, 0.25) is 5.02 Å². The molecule has 1 atom stereocenters. The Kier molecular flexibility index (Phi) is 7.81. The van der Waals surface area contributed by atoms with Crippen molar-refractivity contribution < 1.29 is 14.3 Å². The molecular weight excluding hydrogens is 460 g/mol. The number of carbonyl (C=O) groups excluding carboxylic acids is 2. The summed E-state index contributed by atoms with van der Waals surface area (Å²) in [6, 6.07) is 30.8. The lowest BCUT2D eigenvalue weighted by Crippen LogP contribution is -2.28. The van der Waals surface area contributed by atoms with E-state index in [1.807, 2.05) is 61.5 Å². The van der Waals surface area contributed by atoms with E-state index in [9.17, 15) is 9.59 Å². The molecule has 176 valence electrons. The zero-order valence-corrected chi connectivity index (χ0v) is 20.0. The van der Waals surface area contributed by atoms with Crippen molar-refractivity contribution in [3.63, 3.8) is 0 Å². The number of ether oxygens (including phenoxy) is 1. The van der Waals surface area contributed by atoms with Gasteiger partial charge in [0.25, 0.3) is 11.8 Å². The molecule has 0 saturated heterocycles. The van der Waals surface area contributed by atoms with E-state index in [2.05, 4.69) is 10.6 Å². The van der Waals surface area contributed by atoms with Crippen LogP contribution in [-0.4, -0.2) is 11.8 Å². The highest BCUT2D eigenvalue weighted by atomic mass is 35.5. The molecule has 0 aliphatic heterocycles. The molecule has 35 heavy (non-hydrogen) atoms. The van der Waals surface area contributed by atoms with Crippen molar-refractivity contribution in [1.29, 1.82) is 0 Å². The van der Waals surface area contributed by atoms with Crippen LogP contribution in [0.5, 0.6) is 5.75 Å². The van der Waals surface area contributed by atoms with Crippen LogP contribution in [0, 0.1) is 0 Å². The summed E-state index contributed by atoms with van der Waals surface area (Å²) in [5.74, 6) is 0.0377. The Balaban J connectivity index is 1.40. The number of hydrogen-bond acceptors (Lipinski definition) is 3. The molecule has 2 amide bonds. The first-order valence-corrected chi connectivity index (χ1v) is 11.6. The SMILES string of the molecule is CC(NC(=O)c1ccccc1NC(=O)c1ccc(OCc2ccccc2Cl)cc1)c1ccccc1. The Bertz CT molecular complexity index is 1310. The zero-order valence-electron chi connectivity index (χ0n) is 19.2. The van der Waals surface area contributed by atoms with Gasteiger partial charge in [-0.1, -0.05) is 72.3 Å². The molecule has 0 spiro atoms. The van der Waals surface area contributed by atoms with E-state index in [-0.39, 0.29) is 17.9 Å². The normalized spacial score (nSPS) is 11.4. The van der Waals surface area contributed by atoms with Gasteiger partial charge in [0.05, 0.1) is 17.3 Å². The predicted molar refractivity (Wildman–Crippen MR) is 139 cm³/mol. The lowest BCUT2D eigenvalue weighted by molar-refractivity contribution is 0.0940. The Morgan fingerprint density at radius 2 is 1.46 bits per heavy atom. The third kappa shape index (κ3) is 6.28. The third-order valence-corrected chi connectivity index (χ3v) is 5.90. The van der Waals surface area contributed by atoms with Crippen molar-refractivity contribution in [3.05, 3.63) is 130 Å². The van der Waals surface area contributed by atoms with Gasteiger partial charge in [0.2, 0.25) is 0 Å². The molecule has 0 aliphatic carbocycles. The second kappa shape index (κ2) is 11.4. The molecule has 6 heteroatoms. The average molecular weight is 485 g/mol. The van der Waals surface area contributed by atoms with Gasteiger partial charge in [0, 0.05) is 16.1 Å². The van der Waals surface area contributed by atoms with E-state index >= 15 is 0 Å². The van der Waals surface area contributed by atoms with Gasteiger partial charge in [-0.15, -0.1) is 0 Å². The number of para-hydroxylation sites is 1. The molecule has 0 aliphatic rings. The Morgan fingerprint density at radius 3 is 2.20 bits per heavy atom. The van der Waals surface area contributed by atoms with Crippen LogP contribution in [-0.2, 0) is 6.61 Å². The van der Waals surface area contributed by atoms with Crippen LogP contribution in [0.15, 0.2) is 103 Å². The highest BCUT2D eigenvalue weighted by Crippen LogP contribution is 2.21. The molecule has 0 bridgehead atoms. The highest BCUT2D eigenvalue weighted by Gasteiger charge is 2.16. The Labute approximate surface area is 209 Å². The van der Waals surface area contributed by atoms with Gasteiger partial charge in [-0.3, -0.25) is 9.59 Å². The molecule has 0 fully saturated rings. The van der Waals surface area contributed by atoms with Gasteiger partial charge >= 0.3 is 0 Å². The third-order valence-electron chi connectivity index (χ3n) is 5.54. The van der Waals surface area contributed by atoms with Gasteiger partial charge < -0.3 is 15.4 Å². The predicted octanol–water partition coefficient (Wildman–Crippen LogP) is 6.66. The largest absolute Gasteiger partial charge is 0.489 e. The van der Waals surface area contributed by atoms with Gasteiger partial charge in [-0.25, -0.2) is 0 Å². The molecule has 5 nitrogen and oxygen atoms in total. The number of nitrogens with one attached hydrogen (secondary N) is 2. The monoisotopic (exact) mass is 484 g/mol. The molecule has 2 N–H and O–H groups in total. The molecule has 4 aromatic carbocycles. The van der Waals surface area contributed by atoms with Gasteiger partial charge in [0.15, 0.2) is 0 Å². The van der Waals surface area contributed by atoms with E-state index in [1.54, 1.807) is 48.5 Å². The number of hydrogen-bond donors (Lipinski definition) is 2. The summed E-state index contributed by atoms with van der Waals surface area (Å²) in [6.07, 6.45) is 0. The fourth-order valence-electron chi connectivity index (χ4n) is 3.56. The number of amides is 2. The second-order valence-corrected chi connectivity index (χ2v) is 8.42. The maximum atomic E-state index is 12.9. The van der Waals surface area contributed by atoms with Gasteiger partial charge in [-0.05, 0) is 55.0 Å². The second-order valence-electron chi connectivity index (χ2n) is 8.01. The van der Waals surface area contributed by atoms with Crippen LogP contribution in [0.25, 0.3) is 0 Å². The molecule has 0 radical (unpaired) electrons. The smallest absolute Gasteiger partial charge is 0.255 e. The summed E-state index contributed by atoms with van der Waals surface area (Å²) in [4.78, 5) is 25.8. The van der Waals surface area contributed by atoms with Crippen LogP contribution in [0.3, 0.4) is 0 Å². The topological polar surface area (TPSA) is 67.4 Å². The molecule has 0 heterocycles. The average Bonchev–Trinajstić information content (AvgIpc) is 2.89. The molecular formula is C29H25ClN2O3. The quantitative estimate of drug-likeness (QED) is 0.294. The minimum atomic E-state index is -0.320. The number of benzene rings is 4. The van der Waals surface area contributed by atoms with E-state index in [1.165, 1.54) is 0 Å². The molecule has 1 unspecified atom stereocenters. The maximum absolute atomic E-state index is 12.9.